The van der Waals surface area contributed by atoms with E-state index in [4.69, 9.17) is 0 Å². The molecule has 0 unspecified atom stereocenters. The molecule has 10 heavy (non-hydrogen) atoms. The molecule has 1 radical (unpaired) electrons. The van der Waals surface area contributed by atoms with E-state index in [1.807, 2.05) is 0 Å². The molecular weight excluding hydrogens is 566 g/mol. The van der Waals surface area contributed by atoms with E-state index in [-0.39, 0.29) is 128 Å². The molecule has 0 aliphatic heterocycles. The Morgan fingerprint density at radius 1 is 0.300 bits per heavy atom. The molecule has 18 N–H and O–H groups in total. The third-order valence-corrected chi connectivity index (χ3v) is 0. The Labute approximate surface area is 126 Å². The zero-order chi connectivity index (χ0) is 0. The smallest absolute Gasteiger partial charge is 1.00 e. The Hall–Kier alpha value is 2.57. The summed E-state index contributed by atoms with van der Waals surface area (Å²) in [6, 6.07) is 0. The average Bonchev–Trinajstić information content (AvgIpc) is 0. The summed E-state index contributed by atoms with van der Waals surface area (Å²) < 4.78 is 0. The average molecular weight is 584 g/mol. The summed E-state index contributed by atoms with van der Waals surface area (Å²) >= 11 is 0. The molecule has 0 rings (SSSR count). The molecule has 0 saturated carbocycles. The zero-order valence-electron chi connectivity index (χ0n) is 5.73. The molecule has 0 spiro atoms. The van der Waals surface area contributed by atoms with Gasteiger partial charge in [-0.3, -0.25) is 0 Å². The van der Waals surface area contributed by atoms with Gasteiger partial charge in [0, 0.05) is 0 Å². The molecule has 0 amide bonds. The van der Waals surface area contributed by atoms with Crippen LogP contribution in [0.4, 0.5) is 0 Å². The van der Waals surface area contributed by atoms with E-state index in [1.54, 1.807) is 0 Å². The second-order valence-electron chi connectivity index (χ2n) is 0. The minimum absolute atomic E-state index is 0. The van der Waals surface area contributed by atoms with Crippen molar-refractivity contribution >= 4 is 0 Å². The fourth-order valence-corrected chi connectivity index (χ4v) is 0. The molecule has 0 aromatic rings. The summed E-state index contributed by atoms with van der Waals surface area (Å²) in [7, 11) is 0. The third-order valence-electron chi connectivity index (χ3n) is 0. The van der Waals surface area contributed by atoms with Crippen molar-refractivity contribution in [2.75, 3.05) is 0 Å². The van der Waals surface area contributed by atoms with Gasteiger partial charge in [-0.05, 0) is 0 Å². The molecule has 0 aliphatic carbocycles. The van der Waals surface area contributed by atoms with Gasteiger partial charge in [0.05, 0.1) is 0 Å². The molecule has 0 atom stereocenters. The van der Waals surface area contributed by atoms with Crippen LogP contribution in [0.5, 0.6) is 0 Å². The number of rotatable bonds is 0. The number of halogens is 3. The first kappa shape index (κ1) is 254. The van der Waals surface area contributed by atoms with Crippen molar-refractivity contribution in [2.45, 2.75) is 0 Å². The maximum Gasteiger partial charge on any atom is 3.00 e. The number of hydrogen-bond acceptors (Lipinski definition) is 6. The molecular formula is H18I3N6Ru. The van der Waals surface area contributed by atoms with Crippen LogP contribution >= 0.6 is 0 Å². The zero-order valence-corrected chi connectivity index (χ0v) is 13.9. The van der Waals surface area contributed by atoms with Crippen molar-refractivity contribution in [1.29, 1.82) is 0 Å². The summed E-state index contributed by atoms with van der Waals surface area (Å²) in [5.41, 5.74) is 0. The third kappa shape index (κ3) is 146. The van der Waals surface area contributed by atoms with Gasteiger partial charge in [-0.1, -0.05) is 0 Å². The van der Waals surface area contributed by atoms with Crippen molar-refractivity contribution in [3.05, 3.63) is 0 Å². The Morgan fingerprint density at radius 2 is 0.300 bits per heavy atom. The summed E-state index contributed by atoms with van der Waals surface area (Å²) in [6.45, 7) is 0. The van der Waals surface area contributed by atoms with Crippen LogP contribution in [0.15, 0.2) is 0 Å². The molecule has 0 aromatic heterocycles. The monoisotopic (exact) mass is 585 g/mol. The van der Waals surface area contributed by atoms with Crippen LogP contribution in [0.3, 0.4) is 0 Å². The Balaban J connectivity index is 0. The van der Waals surface area contributed by atoms with Gasteiger partial charge >= 0.3 is 19.5 Å². The van der Waals surface area contributed by atoms with E-state index in [1.165, 1.54) is 0 Å². The van der Waals surface area contributed by atoms with Crippen LogP contribution in [-0.4, -0.2) is 0 Å². The van der Waals surface area contributed by atoms with Crippen LogP contribution in [-0.2, 0) is 19.5 Å². The van der Waals surface area contributed by atoms with E-state index in [2.05, 4.69) is 0 Å². The molecule has 0 aliphatic rings. The van der Waals surface area contributed by atoms with Crippen molar-refractivity contribution in [3.8, 4) is 0 Å². The fraction of sp³-hybridized carbons (Fsp3) is 0. The maximum absolute atomic E-state index is 0. The van der Waals surface area contributed by atoms with Crippen molar-refractivity contribution in [1.82, 2.24) is 36.9 Å². The predicted octanol–water partition coefficient (Wildman–Crippen LogP) is -8.02. The standard InChI is InChI=1S/3HI.6H3N.Ru/h3*1H;6*1H3;/q;;;;;;;;;+3/p-3. The maximum atomic E-state index is 0. The number of hydrogen-bond donors (Lipinski definition) is 6. The van der Waals surface area contributed by atoms with E-state index < -0.39 is 0 Å². The normalized spacial score (nSPS) is 0. The SMILES string of the molecule is N.N.N.N.N.N.[I-].[I-].[I-].[Ru+3]. The predicted molar refractivity (Wildman–Crippen MR) is 30.1 cm³/mol. The molecule has 0 aromatic carbocycles. The van der Waals surface area contributed by atoms with Gasteiger partial charge in [0.25, 0.3) is 0 Å². The summed E-state index contributed by atoms with van der Waals surface area (Å²) in [6.07, 6.45) is 0. The summed E-state index contributed by atoms with van der Waals surface area (Å²) in [4.78, 5) is 0. The first-order valence-corrected chi connectivity index (χ1v) is 0. The van der Waals surface area contributed by atoms with Gasteiger partial charge in [0.2, 0.25) is 0 Å². The van der Waals surface area contributed by atoms with Crippen LogP contribution in [0, 0.1) is 0 Å². The molecule has 0 fully saturated rings. The Morgan fingerprint density at radius 3 is 0.300 bits per heavy atom. The van der Waals surface area contributed by atoms with Crippen molar-refractivity contribution in [3.63, 3.8) is 0 Å². The first-order valence-electron chi connectivity index (χ1n) is 0. The Bertz CT molecular complexity index is 13.0. The van der Waals surface area contributed by atoms with E-state index >= 15 is 0 Å². The Kier molecular flexibility index (Phi) is 4970. The quantitative estimate of drug-likeness (QED) is 0.120. The second kappa shape index (κ2) is 195. The van der Waals surface area contributed by atoms with Gasteiger partial charge in [-0.2, -0.15) is 0 Å². The largest absolute Gasteiger partial charge is 3.00 e. The van der Waals surface area contributed by atoms with Gasteiger partial charge in [-0.25, -0.2) is 0 Å². The van der Waals surface area contributed by atoms with E-state index in [0.717, 1.165) is 0 Å². The molecule has 10 heteroatoms. The van der Waals surface area contributed by atoms with Gasteiger partial charge in [-0.15, -0.1) is 0 Å². The van der Waals surface area contributed by atoms with Crippen LogP contribution in [0.1, 0.15) is 0 Å². The topological polar surface area (TPSA) is 210 Å². The van der Waals surface area contributed by atoms with E-state index in [9.17, 15) is 0 Å². The van der Waals surface area contributed by atoms with Gasteiger partial charge in [0.1, 0.15) is 0 Å². The minimum Gasteiger partial charge on any atom is -1.00 e. The van der Waals surface area contributed by atoms with Crippen LogP contribution in [0.25, 0.3) is 0 Å². The van der Waals surface area contributed by atoms with Crippen LogP contribution in [0.2, 0.25) is 0 Å². The van der Waals surface area contributed by atoms with Crippen molar-refractivity contribution in [2.24, 2.45) is 0 Å². The van der Waals surface area contributed by atoms with Gasteiger partial charge in [0.15, 0.2) is 0 Å². The fourth-order valence-electron chi connectivity index (χ4n) is 0. The van der Waals surface area contributed by atoms with E-state index in [0.29, 0.717) is 0 Å². The molecule has 0 heterocycles. The minimum atomic E-state index is 0. The van der Waals surface area contributed by atoms with Crippen molar-refractivity contribution < 1.29 is 91.4 Å². The summed E-state index contributed by atoms with van der Waals surface area (Å²) in [5.74, 6) is 0. The summed E-state index contributed by atoms with van der Waals surface area (Å²) in [5, 5.41) is 0. The molecule has 0 bridgehead atoms. The molecule has 6 nitrogen and oxygen atoms in total. The molecule has 0 saturated heterocycles. The van der Waals surface area contributed by atoms with Gasteiger partial charge < -0.3 is 109 Å². The van der Waals surface area contributed by atoms with Crippen LogP contribution < -0.4 is 109 Å². The first-order chi connectivity index (χ1) is 0. The molecule has 77 valence electrons. The second-order valence-corrected chi connectivity index (χ2v) is 0.